The van der Waals surface area contributed by atoms with Crippen molar-refractivity contribution in [3.05, 3.63) is 23.9 Å². The highest BCUT2D eigenvalue weighted by atomic mass is 16.5. The second kappa shape index (κ2) is 5.14. The molecule has 2 rings (SSSR count). The third kappa shape index (κ3) is 2.94. The van der Waals surface area contributed by atoms with E-state index in [9.17, 15) is 4.79 Å². The zero-order chi connectivity index (χ0) is 12.3. The SMILES string of the molecule is CC1CN(C(=O)c2ccnc(N)c2)CCCO1. The van der Waals surface area contributed by atoms with Gasteiger partial charge in [-0.15, -0.1) is 0 Å². The minimum atomic E-state index is -0.00329. The van der Waals surface area contributed by atoms with E-state index in [4.69, 9.17) is 10.5 Å². The second-order valence-electron chi connectivity index (χ2n) is 4.26. The van der Waals surface area contributed by atoms with Crippen molar-refractivity contribution in [1.82, 2.24) is 9.88 Å². The van der Waals surface area contributed by atoms with Gasteiger partial charge in [-0.25, -0.2) is 4.98 Å². The first-order valence-electron chi connectivity index (χ1n) is 5.79. The Hall–Kier alpha value is -1.62. The van der Waals surface area contributed by atoms with Gasteiger partial charge in [0, 0.05) is 31.5 Å². The summed E-state index contributed by atoms with van der Waals surface area (Å²) < 4.78 is 5.51. The van der Waals surface area contributed by atoms with Crippen LogP contribution < -0.4 is 5.73 Å². The Morgan fingerprint density at radius 3 is 3.24 bits per heavy atom. The number of amides is 1. The summed E-state index contributed by atoms with van der Waals surface area (Å²) in [6.45, 7) is 4.04. The molecule has 2 N–H and O–H groups in total. The summed E-state index contributed by atoms with van der Waals surface area (Å²) in [7, 11) is 0. The minimum absolute atomic E-state index is 0.00329. The molecule has 0 aliphatic carbocycles. The fourth-order valence-electron chi connectivity index (χ4n) is 1.94. The molecule has 1 unspecified atom stereocenters. The van der Waals surface area contributed by atoms with Gasteiger partial charge in [0.25, 0.3) is 5.91 Å². The molecule has 5 nitrogen and oxygen atoms in total. The number of pyridine rings is 1. The highest BCUT2D eigenvalue weighted by molar-refractivity contribution is 5.94. The summed E-state index contributed by atoms with van der Waals surface area (Å²) in [6.07, 6.45) is 2.51. The van der Waals surface area contributed by atoms with Crippen molar-refractivity contribution in [1.29, 1.82) is 0 Å². The zero-order valence-electron chi connectivity index (χ0n) is 9.93. The maximum absolute atomic E-state index is 12.2. The van der Waals surface area contributed by atoms with Gasteiger partial charge in [-0.3, -0.25) is 4.79 Å². The molecule has 1 saturated heterocycles. The number of carbonyl (C=O) groups excluding carboxylic acids is 1. The lowest BCUT2D eigenvalue weighted by Crippen LogP contribution is -2.35. The second-order valence-corrected chi connectivity index (χ2v) is 4.26. The van der Waals surface area contributed by atoms with E-state index in [0.717, 1.165) is 13.0 Å². The molecule has 1 fully saturated rings. The molecule has 5 heteroatoms. The Balaban J connectivity index is 2.13. The van der Waals surface area contributed by atoms with Crippen molar-refractivity contribution >= 4 is 11.7 Å². The normalized spacial score (nSPS) is 21.0. The average Bonchev–Trinajstić information content (AvgIpc) is 2.53. The van der Waals surface area contributed by atoms with Gasteiger partial charge in [-0.2, -0.15) is 0 Å². The molecular formula is C12H17N3O2. The van der Waals surface area contributed by atoms with Crippen LogP contribution >= 0.6 is 0 Å². The van der Waals surface area contributed by atoms with E-state index in [2.05, 4.69) is 4.98 Å². The number of nitrogens with zero attached hydrogens (tertiary/aromatic N) is 2. The van der Waals surface area contributed by atoms with E-state index >= 15 is 0 Å². The molecule has 1 aliphatic rings. The molecular weight excluding hydrogens is 218 g/mol. The summed E-state index contributed by atoms with van der Waals surface area (Å²) in [5.41, 5.74) is 6.17. The predicted octanol–water partition coefficient (Wildman–Crippen LogP) is 0.915. The van der Waals surface area contributed by atoms with Gasteiger partial charge < -0.3 is 15.4 Å². The Morgan fingerprint density at radius 1 is 1.65 bits per heavy atom. The Morgan fingerprint density at radius 2 is 2.47 bits per heavy atom. The summed E-state index contributed by atoms with van der Waals surface area (Å²) >= 11 is 0. The molecule has 2 heterocycles. The summed E-state index contributed by atoms with van der Waals surface area (Å²) in [5.74, 6) is 0.367. The average molecular weight is 235 g/mol. The third-order valence-corrected chi connectivity index (χ3v) is 2.77. The van der Waals surface area contributed by atoms with Crippen molar-refractivity contribution in [2.75, 3.05) is 25.4 Å². The van der Waals surface area contributed by atoms with Crippen LogP contribution in [0.1, 0.15) is 23.7 Å². The van der Waals surface area contributed by atoms with Crippen LogP contribution in [0.15, 0.2) is 18.3 Å². The van der Waals surface area contributed by atoms with Crippen molar-refractivity contribution in [2.24, 2.45) is 0 Å². The standard InChI is InChI=1S/C12H17N3O2/c1-9-8-15(5-2-6-17-9)12(16)10-3-4-14-11(13)7-10/h3-4,7,9H,2,5-6,8H2,1H3,(H2,13,14). The molecule has 0 radical (unpaired) electrons. The lowest BCUT2D eigenvalue weighted by molar-refractivity contribution is 0.0562. The van der Waals surface area contributed by atoms with Gasteiger partial charge in [0.2, 0.25) is 0 Å². The topological polar surface area (TPSA) is 68.5 Å². The first-order chi connectivity index (χ1) is 8.16. The molecule has 1 amide bonds. The van der Waals surface area contributed by atoms with Crippen LogP contribution in [0, 0.1) is 0 Å². The molecule has 1 atom stereocenters. The Labute approximate surface area is 101 Å². The van der Waals surface area contributed by atoms with Crippen LogP contribution in [0.2, 0.25) is 0 Å². The number of rotatable bonds is 1. The maximum atomic E-state index is 12.2. The first kappa shape index (κ1) is 11.9. The molecule has 92 valence electrons. The zero-order valence-corrected chi connectivity index (χ0v) is 9.93. The van der Waals surface area contributed by atoms with Crippen LogP contribution in [0.3, 0.4) is 0 Å². The number of aromatic nitrogens is 1. The fourth-order valence-corrected chi connectivity index (χ4v) is 1.94. The quantitative estimate of drug-likeness (QED) is 0.785. The summed E-state index contributed by atoms with van der Waals surface area (Å²) in [5, 5.41) is 0. The van der Waals surface area contributed by atoms with Gasteiger partial charge >= 0.3 is 0 Å². The molecule has 1 aromatic rings. The number of hydrogen-bond donors (Lipinski definition) is 1. The van der Waals surface area contributed by atoms with Crippen LogP contribution in [-0.2, 0) is 4.74 Å². The van der Waals surface area contributed by atoms with E-state index in [1.807, 2.05) is 11.8 Å². The molecule has 0 aromatic carbocycles. The smallest absolute Gasteiger partial charge is 0.254 e. The predicted molar refractivity (Wildman–Crippen MR) is 64.6 cm³/mol. The van der Waals surface area contributed by atoms with Crippen LogP contribution in [0.25, 0.3) is 0 Å². The molecule has 0 spiro atoms. The van der Waals surface area contributed by atoms with Crippen molar-refractivity contribution in [3.63, 3.8) is 0 Å². The summed E-state index contributed by atoms with van der Waals surface area (Å²) in [4.78, 5) is 17.9. The highest BCUT2D eigenvalue weighted by Crippen LogP contribution is 2.11. The van der Waals surface area contributed by atoms with E-state index in [0.29, 0.717) is 24.5 Å². The number of nitrogens with two attached hydrogens (primary N) is 1. The third-order valence-electron chi connectivity index (χ3n) is 2.77. The number of hydrogen-bond acceptors (Lipinski definition) is 4. The largest absolute Gasteiger partial charge is 0.384 e. The van der Waals surface area contributed by atoms with Crippen LogP contribution in [0.5, 0.6) is 0 Å². The van der Waals surface area contributed by atoms with E-state index in [1.165, 1.54) is 0 Å². The van der Waals surface area contributed by atoms with Crippen molar-refractivity contribution < 1.29 is 9.53 Å². The van der Waals surface area contributed by atoms with Gasteiger partial charge in [-0.1, -0.05) is 0 Å². The number of anilines is 1. The Bertz CT molecular complexity index is 408. The van der Waals surface area contributed by atoms with Gasteiger partial charge in [0.15, 0.2) is 0 Å². The lowest BCUT2D eigenvalue weighted by atomic mass is 10.2. The first-order valence-corrected chi connectivity index (χ1v) is 5.79. The van der Waals surface area contributed by atoms with Crippen molar-refractivity contribution in [2.45, 2.75) is 19.4 Å². The van der Waals surface area contributed by atoms with E-state index < -0.39 is 0 Å². The lowest BCUT2D eigenvalue weighted by Gasteiger charge is -2.22. The van der Waals surface area contributed by atoms with Gasteiger partial charge in [0.05, 0.1) is 6.10 Å². The van der Waals surface area contributed by atoms with E-state index in [-0.39, 0.29) is 12.0 Å². The minimum Gasteiger partial charge on any atom is -0.384 e. The molecule has 17 heavy (non-hydrogen) atoms. The number of ether oxygens (including phenoxy) is 1. The summed E-state index contributed by atoms with van der Waals surface area (Å²) in [6, 6.07) is 3.30. The Kier molecular flexibility index (Phi) is 3.58. The van der Waals surface area contributed by atoms with Gasteiger partial charge in [0.1, 0.15) is 5.82 Å². The molecule has 1 aliphatic heterocycles. The van der Waals surface area contributed by atoms with E-state index in [1.54, 1.807) is 18.3 Å². The highest BCUT2D eigenvalue weighted by Gasteiger charge is 2.21. The van der Waals surface area contributed by atoms with Gasteiger partial charge in [-0.05, 0) is 25.5 Å². The van der Waals surface area contributed by atoms with Crippen LogP contribution in [-0.4, -0.2) is 41.6 Å². The molecule has 0 saturated carbocycles. The van der Waals surface area contributed by atoms with Crippen molar-refractivity contribution in [3.8, 4) is 0 Å². The number of carbonyl (C=O) groups is 1. The number of nitrogen functional groups attached to an aromatic ring is 1. The monoisotopic (exact) mass is 235 g/mol. The van der Waals surface area contributed by atoms with Crippen LogP contribution in [0.4, 0.5) is 5.82 Å². The molecule has 0 bridgehead atoms. The fraction of sp³-hybridized carbons (Fsp3) is 0.500. The molecule has 1 aromatic heterocycles. The maximum Gasteiger partial charge on any atom is 0.254 e.